The number of pyridine rings is 1. The van der Waals surface area contributed by atoms with Gasteiger partial charge in [-0.2, -0.15) is 0 Å². The molecule has 1 aromatic heterocycles. The van der Waals surface area contributed by atoms with Gasteiger partial charge in [-0.25, -0.2) is 0 Å². The zero-order valence-corrected chi connectivity index (χ0v) is 20.9. The minimum Gasteiger partial charge on any atom is -0.328 e. The number of hydrogen-bond acceptors (Lipinski definition) is 4. The zero-order chi connectivity index (χ0) is 25.0. The standard InChI is InChI=1S/C31H33N3O2/c1-23(35)31(26-10-3-2-4-11-26)15-18-34(19-16-31)22-30(36)33-29-14-13-25-9-5-6-12-27(25)28(29)20-24-8-7-17-32-21-24/h2-12,17,21H,13-16,18-20,22H2,1H3,(H,33,36). The van der Waals surface area contributed by atoms with Gasteiger partial charge in [0, 0.05) is 24.5 Å². The third-order valence-electron chi connectivity index (χ3n) is 7.82. The lowest BCUT2D eigenvalue weighted by Gasteiger charge is -2.40. The SMILES string of the molecule is CC(=O)C1(c2ccccc2)CCN(CC(=O)NC2=C(Cc3cccnc3)c3ccccc3CC2)CC1. The quantitative estimate of drug-likeness (QED) is 0.533. The molecule has 0 atom stereocenters. The molecule has 2 heterocycles. The Morgan fingerprint density at radius 3 is 2.42 bits per heavy atom. The predicted octanol–water partition coefficient (Wildman–Crippen LogP) is 4.72. The van der Waals surface area contributed by atoms with E-state index >= 15 is 0 Å². The molecule has 2 aromatic carbocycles. The van der Waals surface area contributed by atoms with Gasteiger partial charge in [0.25, 0.3) is 0 Å². The number of piperidine rings is 1. The molecule has 1 saturated heterocycles. The monoisotopic (exact) mass is 479 g/mol. The van der Waals surface area contributed by atoms with Crippen molar-refractivity contribution in [3.8, 4) is 0 Å². The molecule has 1 aliphatic heterocycles. The van der Waals surface area contributed by atoms with Gasteiger partial charge in [0.15, 0.2) is 0 Å². The highest BCUT2D eigenvalue weighted by Crippen LogP contribution is 2.36. The summed E-state index contributed by atoms with van der Waals surface area (Å²) in [5.41, 5.74) is 6.52. The van der Waals surface area contributed by atoms with Crippen molar-refractivity contribution in [3.05, 3.63) is 107 Å². The van der Waals surface area contributed by atoms with Crippen molar-refractivity contribution in [2.45, 2.75) is 44.4 Å². The number of carbonyl (C=O) groups excluding carboxylic acids is 2. The van der Waals surface area contributed by atoms with Gasteiger partial charge in [0.05, 0.1) is 12.0 Å². The Bertz CT molecular complexity index is 1260. The highest BCUT2D eigenvalue weighted by Gasteiger charge is 2.40. The van der Waals surface area contributed by atoms with E-state index in [1.54, 1.807) is 13.1 Å². The number of carbonyl (C=O) groups is 2. The molecule has 0 saturated carbocycles. The van der Waals surface area contributed by atoms with Crippen LogP contribution in [0.25, 0.3) is 5.57 Å². The van der Waals surface area contributed by atoms with Crippen LogP contribution in [0.15, 0.2) is 84.8 Å². The van der Waals surface area contributed by atoms with Crippen molar-refractivity contribution < 1.29 is 9.59 Å². The van der Waals surface area contributed by atoms with Crippen LogP contribution in [-0.4, -0.2) is 41.2 Å². The number of aromatic nitrogens is 1. The molecule has 5 heteroatoms. The lowest BCUT2D eigenvalue weighted by atomic mass is 9.70. The third-order valence-corrected chi connectivity index (χ3v) is 7.82. The summed E-state index contributed by atoms with van der Waals surface area (Å²) in [6, 6.07) is 22.6. The number of Topliss-reactive ketones (excluding diaryl/α,β-unsaturated/α-hetero) is 1. The van der Waals surface area contributed by atoms with E-state index in [9.17, 15) is 9.59 Å². The van der Waals surface area contributed by atoms with Crippen molar-refractivity contribution in [1.82, 2.24) is 15.2 Å². The number of rotatable bonds is 7. The number of likely N-dealkylation sites (tertiary alicyclic amines) is 1. The van der Waals surface area contributed by atoms with Gasteiger partial charge in [-0.15, -0.1) is 0 Å². The maximum Gasteiger partial charge on any atom is 0.238 e. The van der Waals surface area contributed by atoms with Crippen LogP contribution in [0.5, 0.6) is 0 Å². The number of allylic oxidation sites excluding steroid dienone is 2. The number of hydrogen-bond donors (Lipinski definition) is 1. The fourth-order valence-corrected chi connectivity index (χ4v) is 5.76. The fraction of sp³-hybridized carbons (Fsp3) is 0.323. The average Bonchev–Trinajstić information content (AvgIpc) is 2.91. The minimum atomic E-state index is -0.444. The second-order valence-electron chi connectivity index (χ2n) is 9.98. The molecule has 5 nitrogen and oxygen atoms in total. The summed E-state index contributed by atoms with van der Waals surface area (Å²) in [5.74, 6) is 0.229. The van der Waals surface area contributed by atoms with Gasteiger partial charge in [-0.1, -0.05) is 60.7 Å². The molecule has 1 N–H and O–H groups in total. The summed E-state index contributed by atoms with van der Waals surface area (Å²) >= 11 is 0. The number of fused-ring (bicyclic) bond motifs is 1. The predicted molar refractivity (Wildman–Crippen MR) is 142 cm³/mol. The van der Waals surface area contributed by atoms with Gasteiger partial charge >= 0.3 is 0 Å². The van der Waals surface area contributed by atoms with Crippen LogP contribution >= 0.6 is 0 Å². The van der Waals surface area contributed by atoms with Crippen LogP contribution in [0.4, 0.5) is 0 Å². The van der Waals surface area contributed by atoms with E-state index in [-0.39, 0.29) is 11.7 Å². The van der Waals surface area contributed by atoms with Crippen molar-refractivity contribution in [2.75, 3.05) is 19.6 Å². The molecular weight excluding hydrogens is 446 g/mol. The van der Waals surface area contributed by atoms with E-state index < -0.39 is 5.41 Å². The van der Waals surface area contributed by atoms with Crippen LogP contribution in [0.1, 0.15) is 48.4 Å². The molecule has 36 heavy (non-hydrogen) atoms. The third kappa shape index (κ3) is 5.02. The number of amides is 1. The lowest BCUT2D eigenvalue weighted by Crippen LogP contribution is -2.49. The molecule has 0 radical (unpaired) electrons. The molecule has 184 valence electrons. The number of benzene rings is 2. The van der Waals surface area contributed by atoms with E-state index in [1.165, 1.54) is 16.7 Å². The Balaban J connectivity index is 1.29. The Hall–Kier alpha value is -3.57. The van der Waals surface area contributed by atoms with Crippen LogP contribution < -0.4 is 5.32 Å². The first kappa shape index (κ1) is 24.1. The number of nitrogens with one attached hydrogen (secondary N) is 1. The first-order valence-electron chi connectivity index (χ1n) is 12.8. The lowest BCUT2D eigenvalue weighted by molar-refractivity contribution is -0.125. The molecular formula is C31H33N3O2. The maximum absolute atomic E-state index is 13.2. The molecule has 5 rings (SSSR count). The van der Waals surface area contributed by atoms with Crippen molar-refractivity contribution >= 4 is 17.3 Å². The Morgan fingerprint density at radius 1 is 0.944 bits per heavy atom. The van der Waals surface area contributed by atoms with Crippen LogP contribution in [0, 0.1) is 0 Å². The number of aryl methyl sites for hydroxylation is 1. The van der Waals surface area contributed by atoms with Gasteiger partial charge in [0.2, 0.25) is 5.91 Å². The highest BCUT2D eigenvalue weighted by molar-refractivity contribution is 5.88. The van der Waals surface area contributed by atoms with Crippen LogP contribution in [0.2, 0.25) is 0 Å². The summed E-state index contributed by atoms with van der Waals surface area (Å²) in [7, 11) is 0. The van der Waals surface area contributed by atoms with E-state index in [4.69, 9.17) is 0 Å². The van der Waals surface area contributed by atoms with Gasteiger partial charge in [-0.05, 0) is 79.6 Å². The van der Waals surface area contributed by atoms with Gasteiger partial charge in [-0.3, -0.25) is 19.5 Å². The Labute approximate surface area is 213 Å². The van der Waals surface area contributed by atoms with Crippen molar-refractivity contribution in [3.63, 3.8) is 0 Å². The maximum atomic E-state index is 13.2. The Kier molecular flexibility index (Phi) is 7.10. The van der Waals surface area contributed by atoms with Gasteiger partial charge < -0.3 is 5.32 Å². The van der Waals surface area contributed by atoms with E-state index in [1.807, 2.05) is 30.5 Å². The summed E-state index contributed by atoms with van der Waals surface area (Å²) in [5, 5.41) is 3.26. The molecule has 0 unspecified atom stereocenters. The molecule has 1 fully saturated rings. The normalized spacial score (nSPS) is 17.4. The van der Waals surface area contributed by atoms with Gasteiger partial charge in [0.1, 0.15) is 5.78 Å². The first-order chi connectivity index (χ1) is 17.5. The van der Waals surface area contributed by atoms with Crippen molar-refractivity contribution in [1.29, 1.82) is 0 Å². The van der Waals surface area contributed by atoms with E-state index in [0.29, 0.717) is 6.54 Å². The smallest absolute Gasteiger partial charge is 0.238 e. The summed E-state index contributed by atoms with van der Waals surface area (Å²) in [4.78, 5) is 32.3. The fourth-order valence-electron chi connectivity index (χ4n) is 5.76. The topological polar surface area (TPSA) is 62.3 Å². The second-order valence-corrected chi connectivity index (χ2v) is 9.98. The molecule has 2 aliphatic rings. The zero-order valence-electron chi connectivity index (χ0n) is 20.9. The molecule has 1 amide bonds. The molecule has 3 aromatic rings. The summed E-state index contributed by atoms with van der Waals surface area (Å²) < 4.78 is 0. The number of nitrogens with zero attached hydrogens (tertiary/aromatic N) is 2. The minimum absolute atomic E-state index is 0.0168. The Morgan fingerprint density at radius 2 is 1.69 bits per heavy atom. The van der Waals surface area contributed by atoms with E-state index in [0.717, 1.165) is 62.0 Å². The molecule has 0 spiro atoms. The van der Waals surface area contributed by atoms with Crippen LogP contribution in [-0.2, 0) is 27.8 Å². The van der Waals surface area contributed by atoms with Crippen molar-refractivity contribution in [2.24, 2.45) is 0 Å². The summed E-state index contributed by atoms with van der Waals surface area (Å²) in [6.07, 6.45) is 7.63. The molecule has 0 bridgehead atoms. The summed E-state index contributed by atoms with van der Waals surface area (Å²) in [6.45, 7) is 3.50. The second kappa shape index (κ2) is 10.6. The largest absolute Gasteiger partial charge is 0.328 e. The van der Waals surface area contributed by atoms with E-state index in [2.05, 4.69) is 57.7 Å². The average molecular weight is 480 g/mol. The first-order valence-corrected chi connectivity index (χ1v) is 12.8. The number of ketones is 1. The molecule has 1 aliphatic carbocycles. The van der Waals surface area contributed by atoms with Crippen LogP contribution in [0.3, 0.4) is 0 Å². The highest BCUT2D eigenvalue weighted by atomic mass is 16.2.